The quantitative estimate of drug-likeness (QED) is 0.663. The molecular formula is C15H31N3O2. The van der Waals surface area contributed by atoms with Crippen molar-refractivity contribution in [2.24, 2.45) is 5.92 Å². The summed E-state index contributed by atoms with van der Waals surface area (Å²) in [6.45, 7) is 14.2. The summed E-state index contributed by atoms with van der Waals surface area (Å²) in [5.74, 6) is 0.399. The minimum Gasteiger partial charge on any atom is -0.355 e. The zero-order valence-electron chi connectivity index (χ0n) is 14.0. The van der Waals surface area contributed by atoms with Gasteiger partial charge in [-0.1, -0.05) is 13.8 Å². The molecule has 0 saturated carbocycles. The Morgan fingerprint density at radius 3 is 1.90 bits per heavy atom. The summed E-state index contributed by atoms with van der Waals surface area (Å²) in [4.78, 5) is 23.8. The van der Waals surface area contributed by atoms with Crippen molar-refractivity contribution in [1.82, 2.24) is 16.0 Å². The number of carbonyl (C=O) groups excluding carboxylic acids is 2. The summed E-state index contributed by atoms with van der Waals surface area (Å²) >= 11 is 0. The standard InChI is InChI=1S/C15H31N3O2/c1-10(2)8-9-16-13(19)11(3)17-12(4)14(20)18-15(5,6)7/h10-12,17H,8-9H2,1-7H3,(H,16,19)(H,18,20). The SMILES string of the molecule is CC(C)CCNC(=O)C(C)NC(C)C(=O)NC(C)(C)C. The monoisotopic (exact) mass is 285 g/mol. The second-order valence-electron chi connectivity index (χ2n) is 6.82. The molecule has 2 unspecified atom stereocenters. The summed E-state index contributed by atoms with van der Waals surface area (Å²) in [5, 5.41) is 8.78. The molecule has 5 heteroatoms. The van der Waals surface area contributed by atoms with E-state index >= 15 is 0 Å². The molecule has 0 heterocycles. The summed E-state index contributed by atoms with van der Waals surface area (Å²) in [6, 6.07) is -0.789. The van der Waals surface area contributed by atoms with Crippen LogP contribution in [0.15, 0.2) is 0 Å². The number of hydrogen-bond acceptors (Lipinski definition) is 3. The van der Waals surface area contributed by atoms with E-state index in [9.17, 15) is 9.59 Å². The number of rotatable bonds is 7. The normalized spacial score (nSPS) is 14.8. The largest absolute Gasteiger partial charge is 0.355 e. The summed E-state index contributed by atoms with van der Waals surface area (Å²) < 4.78 is 0. The molecule has 0 aliphatic carbocycles. The van der Waals surface area contributed by atoms with Crippen LogP contribution in [0.1, 0.15) is 54.9 Å². The van der Waals surface area contributed by atoms with Crippen molar-refractivity contribution in [2.45, 2.75) is 72.5 Å². The van der Waals surface area contributed by atoms with E-state index in [4.69, 9.17) is 0 Å². The molecule has 0 aromatic carbocycles. The lowest BCUT2D eigenvalue weighted by molar-refractivity contribution is -0.125. The van der Waals surface area contributed by atoms with Gasteiger partial charge in [-0.2, -0.15) is 0 Å². The first-order chi connectivity index (χ1) is 9.03. The topological polar surface area (TPSA) is 70.2 Å². The maximum absolute atomic E-state index is 11.9. The summed E-state index contributed by atoms with van der Waals surface area (Å²) in [7, 11) is 0. The number of hydrogen-bond donors (Lipinski definition) is 3. The Balaban J connectivity index is 4.14. The van der Waals surface area contributed by atoms with Crippen LogP contribution in [0.25, 0.3) is 0 Å². The van der Waals surface area contributed by atoms with Crippen molar-refractivity contribution in [1.29, 1.82) is 0 Å². The Kier molecular flexibility index (Phi) is 7.79. The number of nitrogens with one attached hydrogen (secondary N) is 3. The minimum atomic E-state index is -0.403. The van der Waals surface area contributed by atoms with E-state index in [1.807, 2.05) is 20.8 Å². The van der Waals surface area contributed by atoms with Crippen molar-refractivity contribution in [3.05, 3.63) is 0 Å². The van der Waals surface area contributed by atoms with Gasteiger partial charge in [0.25, 0.3) is 0 Å². The van der Waals surface area contributed by atoms with Gasteiger partial charge in [0.1, 0.15) is 0 Å². The first-order valence-electron chi connectivity index (χ1n) is 7.38. The first-order valence-corrected chi connectivity index (χ1v) is 7.38. The van der Waals surface area contributed by atoms with E-state index in [1.54, 1.807) is 13.8 Å². The molecular weight excluding hydrogens is 254 g/mol. The van der Waals surface area contributed by atoms with Gasteiger partial charge in [0.05, 0.1) is 12.1 Å². The molecule has 0 rings (SSSR count). The van der Waals surface area contributed by atoms with Crippen LogP contribution in [0.5, 0.6) is 0 Å². The highest BCUT2D eigenvalue weighted by Crippen LogP contribution is 2.00. The van der Waals surface area contributed by atoms with E-state index in [2.05, 4.69) is 29.8 Å². The van der Waals surface area contributed by atoms with Crippen molar-refractivity contribution < 1.29 is 9.59 Å². The fourth-order valence-corrected chi connectivity index (χ4v) is 1.64. The molecule has 0 aromatic rings. The Hall–Kier alpha value is -1.10. The molecule has 0 aromatic heterocycles. The third-order valence-corrected chi connectivity index (χ3v) is 2.81. The Morgan fingerprint density at radius 1 is 0.950 bits per heavy atom. The van der Waals surface area contributed by atoms with Crippen LogP contribution >= 0.6 is 0 Å². The predicted molar refractivity (Wildman–Crippen MR) is 82.4 cm³/mol. The lowest BCUT2D eigenvalue weighted by Gasteiger charge is -2.25. The zero-order chi connectivity index (χ0) is 15.9. The van der Waals surface area contributed by atoms with Crippen molar-refractivity contribution in [3.63, 3.8) is 0 Å². The predicted octanol–water partition coefficient (Wildman–Crippen LogP) is 1.43. The fraction of sp³-hybridized carbons (Fsp3) is 0.867. The van der Waals surface area contributed by atoms with Crippen LogP contribution in [0.4, 0.5) is 0 Å². The molecule has 0 fully saturated rings. The number of carbonyl (C=O) groups is 2. The fourth-order valence-electron chi connectivity index (χ4n) is 1.64. The minimum absolute atomic E-state index is 0.0685. The molecule has 0 radical (unpaired) electrons. The lowest BCUT2D eigenvalue weighted by Crippen LogP contribution is -2.54. The molecule has 0 saturated heterocycles. The third-order valence-electron chi connectivity index (χ3n) is 2.81. The number of amides is 2. The van der Waals surface area contributed by atoms with Crippen LogP contribution in [0, 0.1) is 5.92 Å². The average Bonchev–Trinajstić information content (AvgIpc) is 2.25. The van der Waals surface area contributed by atoms with Gasteiger partial charge in [0.15, 0.2) is 0 Å². The van der Waals surface area contributed by atoms with E-state index in [0.29, 0.717) is 12.5 Å². The molecule has 0 bridgehead atoms. The molecule has 2 atom stereocenters. The van der Waals surface area contributed by atoms with E-state index in [-0.39, 0.29) is 23.4 Å². The van der Waals surface area contributed by atoms with Crippen LogP contribution in [-0.2, 0) is 9.59 Å². The molecule has 20 heavy (non-hydrogen) atoms. The van der Waals surface area contributed by atoms with Crippen molar-refractivity contribution in [3.8, 4) is 0 Å². The van der Waals surface area contributed by atoms with Gasteiger partial charge in [0, 0.05) is 12.1 Å². The second-order valence-corrected chi connectivity index (χ2v) is 6.82. The molecule has 0 aliphatic rings. The third kappa shape index (κ3) is 8.91. The Labute approximate surface area is 123 Å². The highest BCUT2D eigenvalue weighted by atomic mass is 16.2. The Bertz CT molecular complexity index is 322. The molecule has 5 nitrogen and oxygen atoms in total. The molecule has 0 aliphatic heterocycles. The van der Waals surface area contributed by atoms with E-state index in [0.717, 1.165) is 6.42 Å². The average molecular weight is 285 g/mol. The van der Waals surface area contributed by atoms with Crippen LogP contribution in [0.3, 0.4) is 0 Å². The smallest absolute Gasteiger partial charge is 0.237 e. The summed E-state index contributed by atoms with van der Waals surface area (Å²) in [5.41, 5.74) is -0.268. The van der Waals surface area contributed by atoms with Gasteiger partial charge in [0.2, 0.25) is 11.8 Å². The van der Waals surface area contributed by atoms with Gasteiger partial charge in [-0.25, -0.2) is 0 Å². The van der Waals surface area contributed by atoms with Crippen LogP contribution in [-0.4, -0.2) is 36.0 Å². The van der Waals surface area contributed by atoms with E-state index in [1.165, 1.54) is 0 Å². The first kappa shape index (κ1) is 18.9. The lowest BCUT2D eigenvalue weighted by atomic mass is 10.1. The highest BCUT2D eigenvalue weighted by molar-refractivity contribution is 5.85. The van der Waals surface area contributed by atoms with Gasteiger partial charge < -0.3 is 10.6 Å². The maximum Gasteiger partial charge on any atom is 0.237 e. The van der Waals surface area contributed by atoms with Crippen molar-refractivity contribution >= 4 is 11.8 Å². The Morgan fingerprint density at radius 2 is 1.45 bits per heavy atom. The summed E-state index contributed by atoms with van der Waals surface area (Å²) in [6.07, 6.45) is 0.957. The zero-order valence-corrected chi connectivity index (χ0v) is 14.0. The second kappa shape index (κ2) is 8.25. The molecule has 0 spiro atoms. The van der Waals surface area contributed by atoms with Gasteiger partial charge >= 0.3 is 0 Å². The van der Waals surface area contributed by atoms with Gasteiger partial charge in [-0.15, -0.1) is 0 Å². The highest BCUT2D eigenvalue weighted by Gasteiger charge is 2.22. The van der Waals surface area contributed by atoms with Crippen LogP contribution in [0.2, 0.25) is 0 Å². The molecule has 118 valence electrons. The van der Waals surface area contributed by atoms with Crippen LogP contribution < -0.4 is 16.0 Å². The molecule has 3 N–H and O–H groups in total. The molecule has 2 amide bonds. The van der Waals surface area contributed by atoms with E-state index < -0.39 is 6.04 Å². The van der Waals surface area contributed by atoms with Gasteiger partial charge in [-0.05, 0) is 47.0 Å². The maximum atomic E-state index is 11.9. The van der Waals surface area contributed by atoms with Gasteiger partial charge in [-0.3, -0.25) is 14.9 Å². The van der Waals surface area contributed by atoms with Crippen molar-refractivity contribution in [2.75, 3.05) is 6.54 Å².